The molecule has 3 aliphatic heterocycles. The molecule has 1 aromatic carbocycles. The van der Waals surface area contributed by atoms with E-state index in [9.17, 15) is 5.26 Å². The van der Waals surface area contributed by atoms with E-state index in [4.69, 9.17) is 30.2 Å². The van der Waals surface area contributed by atoms with Crippen molar-refractivity contribution in [1.82, 2.24) is 19.9 Å². The normalized spacial score (nSPS) is 25.3. The van der Waals surface area contributed by atoms with Crippen molar-refractivity contribution in [3.05, 3.63) is 41.6 Å². The van der Waals surface area contributed by atoms with E-state index >= 15 is 0 Å². The molecular formula is C30H40BN9O2. The van der Waals surface area contributed by atoms with Gasteiger partial charge in [-0.3, -0.25) is 9.88 Å². The molecular weight excluding hydrogens is 529 g/mol. The van der Waals surface area contributed by atoms with Crippen molar-refractivity contribution in [3.8, 4) is 6.07 Å². The van der Waals surface area contributed by atoms with Crippen molar-refractivity contribution in [2.75, 3.05) is 80.7 Å². The second-order valence-corrected chi connectivity index (χ2v) is 11.9. The average molecular weight is 570 g/mol. The minimum atomic E-state index is -0.0191. The summed E-state index contributed by atoms with van der Waals surface area (Å²) in [5, 5.41) is 10.7. The number of nitriles is 1. The molecule has 3 fully saturated rings. The van der Waals surface area contributed by atoms with Crippen LogP contribution in [-0.2, 0) is 9.47 Å². The summed E-state index contributed by atoms with van der Waals surface area (Å²) in [7, 11) is 3.68. The van der Waals surface area contributed by atoms with E-state index in [1.54, 1.807) is 7.11 Å². The van der Waals surface area contributed by atoms with Gasteiger partial charge in [-0.25, -0.2) is 4.98 Å². The highest BCUT2D eigenvalue weighted by Crippen LogP contribution is 2.30. The molecule has 0 aliphatic carbocycles. The number of aryl methyl sites for hydroxylation is 1. The Kier molecular flexibility index (Phi) is 8.18. The van der Waals surface area contributed by atoms with Crippen LogP contribution in [-0.4, -0.2) is 118 Å². The van der Waals surface area contributed by atoms with Crippen LogP contribution in [0.5, 0.6) is 0 Å². The van der Waals surface area contributed by atoms with Crippen LogP contribution >= 0.6 is 0 Å². The molecule has 0 bridgehead atoms. The number of piperazine rings is 1. The molecule has 12 heteroatoms. The highest BCUT2D eigenvalue weighted by molar-refractivity contribution is 6.31. The maximum atomic E-state index is 9.64. The number of aromatic nitrogens is 3. The maximum Gasteiger partial charge on any atom is 0.227 e. The van der Waals surface area contributed by atoms with E-state index in [1.165, 1.54) is 0 Å². The summed E-state index contributed by atoms with van der Waals surface area (Å²) < 4.78 is 12.0. The molecule has 3 aromatic rings. The first kappa shape index (κ1) is 28.6. The molecule has 3 saturated heterocycles. The Hall–Kier alpha value is -3.50. The lowest BCUT2D eigenvalue weighted by atomic mass is 10.00. The van der Waals surface area contributed by atoms with Gasteiger partial charge in [0.2, 0.25) is 5.95 Å². The molecule has 2 aromatic heterocycles. The molecule has 3 aliphatic rings. The zero-order chi connectivity index (χ0) is 29.4. The molecule has 0 spiro atoms. The molecule has 0 radical (unpaired) electrons. The third-order valence-corrected chi connectivity index (χ3v) is 8.64. The van der Waals surface area contributed by atoms with Crippen LogP contribution in [0.2, 0.25) is 0 Å². The first-order valence-electron chi connectivity index (χ1n) is 14.9. The standard InChI is InChI=1S/C30H40BN9O2/c1-19-12-28(40-17-24(33)26(18-40)41-3)36-30(34-19)38-10-8-37(9-11-38)15-22-16-39(14-20(2)42-22)25-6-4-21(13-32)29-23(25)5-7-27(31)35-29/h4-7,12,20,22,24,26H,8-11,14-18,31,33H2,1-3H3/t20-,22+,24+,26+/m1/s1. The Bertz CT molecular complexity index is 1480. The van der Waals surface area contributed by atoms with Gasteiger partial charge in [-0.15, -0.1) is 0 Å². The average Bonchev–Trinajstić information content (AvgIpc) is 3.37. The van der Waals surface area contributed by atoms with Crippen LogP contribution in [0.4, 0.5) is 17.5 Å². The molecule has 5 heterocycles. The van der Waals surface area contributed by atoms with E-state index in [2.05, 4.69) is 44.7 Å². The fourth-order valence-corrected chi connectivity index (χ4v) is 6.50. The Morgan fingerprint density at radius 3 is 2.57 bits per heavy atom. The molecule has 11 nitrogen and oxygen atoms in total. The smallest absolute Gasteiger partial charge is 0.227 e. The lowest BCUT2D eigenvalue weighted by Gasteiger charge is -2.42. The van der Waals surface area contributed by atoms with Crippen LogP contribution in [0, 0.1) is 18.3 Å². The summed E-state index contributed by atoms with van der Waals surface area (Å²) in [6.07, 6.45) is 0.202. The van der Waals surface area contributed by atoms with E-state index in [-0.39, 0.29) is 24.4 Å². The van der Waals surface area contributed by atoms with Crippen molar-refractivity contribution in [2.45, 2.75) is 38.2 Å². The number of methoxy groups -OCH3 is 1. The number of nitrogens with zero attached hydrogens (tertiary/aromatic N) is 8. The van der Waals surface area contributed by atoms with Crippen molar-refractivity contribution >= 4 is 41.8 Å². The van der Waals surface area contributed by atoms with Crippen molar-refractivity contribution in [2.24, 2.45) is 5.73 Å². The van der Waals surface area contributed by atoms with Crippen molar-refractivity contribution < 1.29 is 9.47 Å². The molecule has 6 rings (SSSR count). The quantitative estimate of drug-likeness (QED) is 0.406. The highest BCUT2D eigenvalue weighted by atomic mass is 16.5. The van der Waals surface area contributed by atoms with Crippen LogP contribution in [0.15, 0.2) is 30.3 Å². The number of hydrogen-bond donors (Lipinski definition) is 1. The first-order chi connectivity index (χ1) is 20.3. The van der Waals surface area contributed by atoms with Gasteiger partial charge in [-0.2, -0.15) is 10.2 Å². The number of rotatable bonds is 6. The molecule has 42 heavy (non-hydrogen) atoms. The van der Waals surface area contributed by atoms with Gasteiger partial charge in [0.15, 0.2) is 7.85 Å². The number of benzene rings is 1. The first-order valence-corrected chi connectivity index (χ1v) is 14.9. The fraction of sp³-hybridized carbons (Fsp3) is 0.533. The summed E-state index contributed by atoms with van der Waals surface area (Å²) in [6.45, 7) is 11.7. The molecule has 0 saturated carbocycles. The number of nitrogens with two attached hydrogens (primary N) is 1. The van der Waals surface area contributed by atoms with Crippen LogP contribution in [0.3, 0.4) is 0 Å². The number of fused-ring (bicyclic) bond motifs is 1. The SMILES string of the molecule is Bc1ccc2c(N3C[C@H](CN4CCN(c5nc(C)cc(N6C[C@H](OC)[C@@H](N)C6)n5)CC4)O[C@H](C)C3)ccc(C#N)c2n1. The largest absolute Gasteiger partial charge is 0.378 e. The van der Waals surface area contributed by atoms with Gasteiger partial charge in [-0.1, -0.05) is 6.07 Å². The molecule has 220 valence electrons. The highest BCUT2D eigenvalue weighted by Gasteiger charge is 2.32. The summed E-state index contributed by atoms with van der Waals surface area (Å²) in [4.78, 5) is 23.8. The van der Waals surface area contributed by atoms with Gasteiger partial charge in [-0.05, 0) is 37.6 Å². The summed E-state index contributed by atoms with van der Waals surface area (Å²) in [6, 6.07) is 12.4. The maximum absolute atomic E-state index is 9.64. The van der Waals surface area contributed by atoms with Gasteiger partial charge in [0.1, 0.15) is 11.9 Å². The van der Waals surface area contributed by atoms with Crippen LogP contribution in [0.1, 0.15) is 18.2 Å². The Balaban J connectivity index is 1.10. The lowest BCUT2D eigenvalue weighted by Crippen LogP contribution is -2.54. The van der Waals surface area contributed by atoms with Gasteiger partial charge >= 0.3 is 0 Å². The third-order valence-electron chi connectivity index (χ3n) is 8.64. The fourth-order valence-electron chi connectivity index (χ4n) is 6.50. The molecule has 0 amide bonds. The second-order valence-electron chi connectivity index (χ2n) is 11.9. The number of ether oxygens (including phenoxy) is 2. The van der Waals surface area contributed by atoms with E-state index in [0.29, 0.717) is 5.56 Å². The van der Waals surface area contributed by atoms with Crippen molar-refractivity contribution in [3.63, 3.8) is 0 Å². The molecule has 2 N–H and O–H groups in total. The minimum absolute atomic E-state index is 0.0180. The second kappa shape index (κ2) is 12.0. The number of hydrogen-bond acceptors (Lipinski definition) is 11. The van der Waals surface area contributed by atoms with Gasteiger partial charge < -0.3 is 29.9 Å². The van der Waals surface area contributed by atoms with Crippen LogP contribution in [0.25, 0.3) is 10.9 Å². The monoisotopic (exact) mass is 569 g/mol. The zero-order valence-electron chi connectivity index (χ0n) is 25.0. The Morgan fingerprint density at radius 1 is 1.02 bits per heavy atom. The molecule has 0 unspecified atom stereocenters. The van der Waals surface area contributed by atoms with Gasteiger partial charge in [0.25, 0.3) is 0 Å². The Labute approximate surface area is 248 Å². The van der Waals surface area contributed by atoms with E-state index < -0.39 is 0 Å². The lowest BCUT2D eigenvalue weighted by molar-refractivity contribution is -0.0327. The summed E-state index contributed by atoms with van der Waals surface area (Å²) in [5.74, 6) is 1.70. The van der Waals surface area contributed by atoms with Crippen molar-refractivity contribution in [1.29, 1.82) is 5.26 Å². The number of pyridine rings is 1. The predicted octanol–water partition coefficient (Wildman–Crippen LogP) is 0.0415. The van der Waals surface area contributed by atoms with Crippen LogP contribution < -0.4 is 26.0 Å². The third kappa shape index (κ3) is 5.87. The molecule has 4 atom stereocenters. The minimum Gasteiger partial charge on any atom is -0.378 e. The van der Waals surface area contributed by atoms with E-state index in [0.717, 1.165) is 98.5 Å². The van der Waals surface area contributed by atoms with E-state index in [1.807, 2.05) is 33.0 Å². The summed E-state index contributed by atoms with van der Waals surface area (Å²) in [5.41, 5.74) is 10.6. The summed E-state index contributed by atoms with van der Waals surface area (Å²) >= 11 is 0. The topological polar surface area (TPSA) is 120 Å². The number of anilines is 3. The van der Waals surface area contributed by atoms with Gasteiger partial charge in [0.05, 0.1) is 35.4 Å². The van der Waals surface area contributed by atoms with Gasteiger partial charge in [0, 0.05) is 88.8 Å². The Morgan fingerprint density at radius 2 is 1.83 bits per heavy atom. The predicted molar refractivity (Wildman–Crippen MR) is 168 cm³/mol. The number of morpholine rings is 1. The zero-order valence-corrected chi connectivity index (χ0v) is 25.0.